The molecule has 0 heterocycles. The zero-order valence-electron chi connectivity index (χ0n) is 31.5. The van der Waals surface area contributed by atoms with Crippen LogP contribution in [-0.4, -0.2) is 63.5 Å². The molecule has 2 bridgehead atoms. The van der Waals surface area contributed by atoms with E-state index < -0.39 is 22.5 Å². The molecule has 9 atom stereocenters. The molecule has 2 aromatic carbocycles. The first-order chi connectivity index (χ1) is 25.0. The summed E-state index contributed by atoms with van der Waals surface area (Å²) in [5.41, 5.74) is 1.15. The molecule has 0 saturated heterocycles. The van der Waals surface area contributed by atoms with Crippen LogP contribution in [0.1, 0.15) is 102 Å². The Labute approximate surface area is 311 Å². The lowest BCUT2D eigenvalue weighted by molar-refractivity contribution is -0.180. The van der Waals surface area contributed by atoms with Crippen LogP contribution in [0.25, 0.3) is 0 Å². The molecule has 280 valence electrons. The summed E-state index contributed by atoms with van der Waals surface area (Å²) < 4.78 is 5.97. The van der Waals surface area contributed by atoms with E-state index >= 15 is 0 Å². The number of allylic oxidation sites excluding steroid dienone is 4. The van der Waals surface area contributed by atoms with Gasteiger partial charge < -0.3 is 20.1 Å². The zero-order chi connectivity index (χ0) is 36.2. The number of ether oxygens (including phenoxy) is 1. The molecule has 2 spiro atoms. The third-order valence-corrected chi connectivity index (χ3v) is 15.6. The molecular weight excluding hydrogens is 647 g/mol. The van der Waals surface area contributed by atoms with Crippen molar-refractivity contribution in [3.8, 4) is 0 Å². The van der Waals surface area contributed by atoms with E-state index in [1.807, 2.05) is 36.4 Å². The van der Waals surface area contributed by atoms with E-state index in [0.717, 1.165) is 74.5 Å². The van der Waals surface area contributed by atoms with E-state index in [-0.39, 0.29) is 35.4 Å². The van der Waals surface area contributed by atoms with Crippen LogP contribution in [0.3, 0.4) is 0 Å². The average molecular weight is 708 g/mol. The van der Waals surface area contributed by atoms with Gasteiger partial charge in [0.15, 0.2) is 5.78 Å². The van der Waals surface area contributed by atoms with Crippen molar-refractivity contribution in [2.45, 2.75) is 122 Å². The molecule has 4 saturated carbocycles. The number of rotatable bonds is 12. The van der Waals surface area contributed by atoms with Gasteiger partial charge in [-0.25, -0.2) is 0 Å². The maximum atomic E-state index is 14.9. The summed E-state index contributed by atoms with van der Waals surface area (Å²) in [7, 11) is 0. The fraction of sp³-hybridized carbons (Fsp3) is 0.630. The van der Waals surface area contributed by atoms with Gasteiger partial charge in [0.05, 0.1) is 31.0 Å². The second kappa shape index (κ2) is 13.9. The Morgan fingerprint density at radius 2 is 1.50 bits per heavy atom. The minimum absolute atomic E-state index is 0.0252. The van der Waals surface area contributed by atoms with E-state index in [1.54, 1.807) is 0 Å². The molecule has 0 aromatic heterocycles. The normalized spacial score (nSPS) is 38.7. The van der Waals surface area contributed by atoms with Gasteiger partial charge in [0.1, 0.15) is 0 Å². The number of Topliss-reactive ketones (excluding diaryl/α,β-unsaturated/α-hetero) is 1. The maximum Gasteiger partial charge on any atom is 0.162 e. The van der Waals surface area contributed by atoms with Crippen molar-refractivity contribution in [3.63, 3.8) is 0 Å². The fourth-order valence-corrected chi connectivity index (χ4v) is 12.8. The molecule has 9 rings (SSSR count). The molecule has 0 amide bonds. The highest BCUT2D eigenvalue weighted by molar-refractivity contribution is 6.00. The second-order valence-corrected chi connectivity index (χ2v) is 18.3. The van der Waals surface area contributed by atoms with Gasteiger partial charge in [-0.05, 0) is 86.2 Å². The van der Waals surface area contributed by atoms with Crippen molar-refractivity contribution in [1.29, 1.82) is 0 Å². The molecular formula is C46H61NO5. The minimum Gasteiger partial charge on any atom is -0.393 e. The molecule has 3 N–H and O–H groups in total. The summed E-state index contributed by atoms with van der Waals surface area (Å²) in [5, 5.41) is 35.5. The molecule has 52 heavy (non-hydrogen) atoms. The fourth-order valence-electron chi connectivity index (χ4n) is 12.8. The number of benzene rings is 2. The van der Waals surface area contributed by atoms with E-state index in [4.69, 9.17) is 4.74 Å². The van der Waals surface area contributed by atoms with Crippen LogP contribution in [0, 0.1) is 39.4 Å². The SMILES string of the molecule is CC12CCC(O)CC13C=CC1(C(C(=O)C4CCCCC4)=C3)C2CCC2(C)C1CCC2(O)CN(Cc1ccccc1)CC(O)COCc1ccccc1. The number of hydrogen-bond donors (Lipinski definition) is 3. The van der Waals surface area contributed by atoms with E-state index in [9.17, 15) is 20.1 Å². The first kappa shape index (κ1) is 36.4. The van der Waals surface area contributed by atoms with Crippen LogP contribution in [0.2, 0.25) is 0 Å². The van der Waals surface area contributed by atoms with Crippen molar-refractivity contribution >= 4 is 5.78 Å². The molecule has 6 nitrogen and oxygen atoms in total. The van der Waals surface area contributed by atoms with Crippen LogP contribution in [0.5, 0.6) is 0 Å². The van der Waals surface area contributed by atoms with E-state index in [0.29, 0.717) is 50.8 Å². The summed E-state index contributed by atoms with van der Waals surface area (Å²) in [4.78, 5) is 17.2. The Kier molecular flexibility index (Phi) is 9.73. The number of hydrogen-bond acceptors (Lipinski definition) is 6. The van der Waals surface area contributed by atoms with Crippen molar-refractivity contribution in [3.05, 3.63) is 95.6 Å². The Balaban J connectivity index is 1.10. The number of nitrogens with zero attached hydrogens (tertiary/aromatic N) is 1. The maximum absolute atomic E-state index is 14.9. The highest BCUT2D eigenvalue weighted by atomic mass is 16.5. The Morgan fingerprint density at radius 1 is 0.846 bits per heavy atom. The van der Waals surface area contributed by atoms with Crippen molar-refractivity contribution in [2.75, 3.05) is 19.7 Å². The van der Waals surface area contributed by atoms with Gasteiger partial charge in [0, 0.05) is 47.4 Å². The van der Waals surface area contributed by atoms with Gasteiger partial charge in [-0.3, -0.25) is 9.69 Å². The molecule has 9 unspecified atom stereocenters. The van der Waals surface area contributed by atoms with Crippen LogP contribution < -0.4 is 0 Å². The first-order valence-corrected chi connectivity index (χ1v) is 20.5. The van der Waals surface area contributed by atoms with Gasteiger partial charge in [-0.2, -0.15) is 0 Å². The van der Waals surface area contributed by atoms with Gasteiger partial charge in [-0.1, -0.05) is 112 Å². The van der Waals surface area contributed by atoms with Gasteiger partial charge >= 0.3 is 0 Å². The monoisotopic (exact) mass is 707 g/mol. The van der Waals surface area contributed by atoms with Crippen molar-refractivity contribution in [2.24, 2.45) is 39.4 Å². The molecule has 2 aromatic rings. The minimum atomic E-state index is -0.987. The number of aliphatic hydroxyl groups excluding tert-OH is 2. The number of carbonyl (C=O) groups is 1. The third kappa shape index (κ3) is 5.91. The zero-order valence-corrected chi connectivity index (χ0v) is 31.5. The largest absolute Gasteiger partial charge is 0.393 e. The topological polar surface area (TPSA) is 90.2 Å². The Hall–Kier alpha value is -2.61. The van der Waals surface area contributed by atoms with Crippen LogP contribution >= 0.6 is 0 Å². The van der Waals surface area contributed by atoms with Gasteiger partial charge in [0.25, 0.3) is 0 Å². The number of carbonyl (C=O) groups excluding carboxylic acids is 1. The summed E-state index contributed by atoms with van der Waals surface area (Å²) in [6, 6.07) is 20.4. The van der Waals surface area contributed by atoms with E-state index in [2.05, 4.69) is 61.2 Å². The lowest BCUT2D eigenvalue weighted by Crippen LogP contribution is -2.67. The molecule has 0 radical (unpaired) electrons. The standard InChI is InChI=1S/C46H61NO5/c1-42-21-18-36(48)26-44(42)24-25-46(38(27-44)41(50)35-16-10-5-11-17-35)39(42)19-22-43(2)40(46)20-23-45(43,51)32-47(28-33-12-6-3-7-13-33)29-37(49)31-52-30-34-14-8-4-9-15-34/h3-4,6-9,12-15,24-25,27,35-37,39-40,48-49,51H,5,10-11,16-23,26,28-32H2,1-2H3. The molecule has 0 aliphatic heterocycles. The molecule has 6 heteroatoms. The number of ketones is 1. The summed E-state index contributed by atoms with van der Waals surface area (Å²) in [6.07, 6.45) is 17.5. The smallest absolute Gasteiger partial charge is 0.162 e. The molecule has 4 fully saturated rings. The Morgan fingerprint density at radius 3 is 2.23 bits per heavy atom. The summed E-state index contributed by atoms with van der Waals surface area (Å²) in [6.45, 7) is 6.95. The van der Waals surface area contributed by atoms with Crippen molar-refractivity contribution in [1.82, 2.24) is 4.90 Å². The molecule has 7 aliphatic rings. The highest BCUT2D eigenvalue weighted by Gasteiger charge is 2.74. The number of aliphatic hydroxyl groups is 3. The van der Waals surface area contributed by atoms with Crippen molar-refractivity contribution < 1.29 is 24.9 Å². The first-order valence-electron chi connectivity index (χ1n) is 20.5. The quantitative estimate of drug-likeness (QED) is 0.195. The average Bonchev–Trinajstić information content (AvgIpc) is 3.42. The van der Waals surface area contributed by atoms with E-state index in [1.165, 1.54) is 6.42 Å². The Bertz CT molecular complexity index is 1650. The lowest BCUT2D eigenvalue weighted by atomic mass is 9.32. The van der Waals surface area contributed by atoms with Crippen LogP contribution in [-0.2, 0) is 22.7 Å². The lowest BCUT2D eigenvalue weighted by Gasteiger charge is -2.71. The summed E-state index contributed by atoms with van der Waals surface area (Å²) >= 11 is 0. The third-order valence-electron chi connectivity index (χ3n) is 15.6. The van der Waals surface area contributed by atoms with Gasteiger partial charge in [-0.15, -0.1) is 0 Å². The predicted molar refractivity (Wildman–Crippen MR) is 204 cm³/mol. The number of fused-ring (bicyclic) bond motifs is 1. The van der Waals surface area contributed by atoms with Crippen LogP contribution in [0.4, 0.5) is 0 Å². The van der Waals surface area contributed by atoms with Gasteiger partial charge in [0.2, 0.25) is 0 Å². The predicted octanol–water partition coefficient (Wildman–Crippen LogP) is 7.81. The molecule has 7 aliphatic carbocycles. The summed E-state index contributed by atoms with van der Waals surface area (Å²) in [5.74, 6) is 0.895. The second-order valence-electron chi connectivity index (χ2n) is 18.3. The highest BCUT2D eigenvalue weighted by Crippen LogP contribution is 2.78. The van der Waals surface area contributed by atoms with Crippen LogP contribution in [0.15, 0.2) is 84.5 Å².